The third-order valence-electron chi connectivity index (χ3n) is 3.42. The van der Waals surface area contributed by atoms with Gasteiger partial charge >= 0.3 is 5.97 Å². The van der Waals surface area contributed by atoms with Gasteiger partial charge in [-0.25, -0.2) is 9.18 Å². The van der Waals surface area contributed by atoms with Crippen molar-refractivity contribution in [2.24, 2.45) is 0 Å². The molecule has 0 atom stereocenters. The van der Waals surface area contributed by atoms with E-state index in [4.69, 9.17) is 0 Å². The van der Waals surface area contributed by atoms with Gasteiger partial charge in [-0.05, 0) is 36.4 Å². The number of benzene rings is 2. The number of esters is 1. The Kier molecular flexibility index (Phi) is 3.21. The standard InChI is InChI=1S/C16H10FNO4/c1-22-16(20)10-4-7-12-13(8-10)18(21)14(15(12)19)9-2-5-11(17)6-3-9/h2-8H,1H3. The molecule has 110 valence electrons. The number of nitrogens with zero attached hydrogens (tertiary/aromatic N) is 1. The van der Waals surface area contributed by atoms with Gasteiger partial charge in [-0.3, -0.25) is 4.79 Å². The number of halogens is 1. The number of methoxy groups -OCH3 is 1. The van der Waals surface area contributed by atoms with Crippen LogP contribution in [0, 0.1) is 11.0 Å². The van der Waals surface area contributed by atoms with E-state index in [0.29, 0.717) is 10.3 Å². The summed E-state index contributed by atoms with van der Waals surface area (Å²) in [6, 6.07) is 9.21. The molecule has 0 spiro atoms. The quantitative estimate of drug-likeness (QED) is 0.485. The Morgan fingerprint density at radius 3 is 2.50 bits per heavy atom. The van der Waals surface area contributed by atoms with Gasteiger partial charge in [-0.2, -0.15) is 4.74 Å². The predicted molar refractivity (Wildman–Crippen MR) is 75.9 cm³/mol. The topological polar surface area (TPSA) is 69.4 Å². The molecule has 22 heavy (non-hydrogen) atoms. The average molecular weight is 299 g/mol. The number of ether oxygens (including phenoxy) is 1. The number of hydrogen-bond donors (Lipinski definition) is 0. The second-order valence-corrected chi connectivity index (χ2v) is 4.70. The lowest BCUT2D eigenvalue weighted by molar-refractivity contribution is -0.355. The summed E-state index contributed by atoms with van der Waals surface area (Å²) in [5, 5.41) is 12.4. The number of carbonyl (C=O) groups excluding carboxylic acids is 2. The Morgan fingerprint density at radius 1 is 1.18 bits per heavy atom. The molecule has 3 rings (SSSR count). The van der Waals surface area contributed by atoms with E-state index in [1.54, 1.807) is 0 Å². The molecule has 6 heteroatoms. The molecule has 0 bridgehead atoms. The van der Waals surface area contributed by atoms with E-state index in [1.165, 1.54) is 49.6 Å². The lowest BCUT2D eigenvalue weighted by Gasteiger charge is -2.03. The summed E-state index contributed by atoms with van der Waals surface area (Å²) in [6.45, 7) is 0. The number of ketones is 1. The minimum absolute atomic E-state index is 0.0761. The Balaban J connectivity index is 2.13. The van der Waals surface area contributed by atoms with Crippen LogP contribution in [0.25, 0.3) is 0 Å². The van der Waals surface area contributed by atoms with Crippen molar-refractivity contribution in [3.05, 3.63) is 70.2 Å². The average Bonchev–Trinajstić information content (AvgIpc) is 2.79. The largest absolute Gasteiger partial charge is 0.618 e. The minimum Gasteiger partial charge on any atom is -0.618 e. The molecule has 1 aliphatic heterocycles. The molecule has 0 unspecified atom stereocenters. The van der Waals surface area contributed by atoms with Gasteiger partial charge in [0.15, 0.2) is 0 Å². The van der Waals surface area contributed by atoms with E-state index in [0.717, 1.165) is 0 Å². The van der Waals surface area contributed by atoms with Crippen LogP contribution in [0.2, 0.25) is 0 Å². The molecule has 2 aromatic carbocycles. The second-order valence-electron chi connectivity index (χ2n) is 4.70. The summed E-state index contributed by atoms with van der Waals surface area (Å²) in [5.41, 5.74) is 0.665. The summed E-state index contributed by atoms with van der Waals surface area (Å²) in [5.74, 6) is -1.52. The molecule has 0 aromatic heterocycles. The number of fused-ring (bicyclic) bond motifs is 1. The molecule has 2 aromatic rings. The van der Waals surface area contributed by atoms with Gasteiger partial charge in [0.1, 0.15) is 11.4 Å². The monoisotopic (exact) mass is 299 g/mol. The summed E-state index contributed by atoms with van der Waals surface area (Å²) in [7, 11) is 1.23. The van der Waals surface area contributed by atoms with Gasteiger partial charge in [-0.15, -0.1) is 0 Å². The summed E-state index contributed by atoms with van der Waals surface area (Å²) < 4.78 is 18.0. The molecule has 0 N–H and O–H groups in total. The molecule has 0 saturated heterocycles. The maximum Gasteiger partial charge on any atom is 0.338 e. The van der Waals surface area contributed by atoms with E-state index in [2.05, 4.69) is 4.74 Å². The fraction of sp³-hybridized carbons (Fsp3) is 0.0625. The van der Waals surface area contributed by atoms with Crippen molar-refractivity contribution in [3.8, 4) is 0 Å². The first-order chi connectivity index (χ1) is 10.5. The first kappa shape index (κ1) is 13.9. The Hall–Kier alpha value is -3.02. The highest BCUT2D eigenvalue weighted by Gasteiger charge is 2.37. The Bertz CT molecular complexity index is 825. The number of carbonyl (C=O) groups is 2. The van der Waals surface area contributed by atoms with Gasteiger partial charge in [0.25, 0.3) is 11.5 Å². The summed E-state index contributed by atoms with van der Waals surface area (Å²) in [6.07, 6.45) is 0. The van der Waals surface area contributed by atoms with E-state index in [1.807, 2.05) is 0 Å². The van der Waals surface area contributed by atoms with Gasteiger partial charge in [0.2, 0.25) is 5.69 Å². The van der Waals surface area contributed by atoms with Crippen LogP contribution in [0.4, 0.5) is 10.1 Å². The SMILES string of the molecule is COC(=O)c1ccc2c(c1)[N+]([O-])=C(c1ccc(F)cc1)C2=O. The third-order valence-corrected chi connectivity index (χ3v) is 3.42. The Labute approximate surface area is 124 Å². The van der Waals surface area contributed by atoms with Crippen LogP contribution in [-0.2, 0) is 4.74 Å². The number of rotatable bonds is 2. The molecule has 0 fully saturated rings. The van der Waals surface area contributed by atoms with Crippen LogP contribution >= 0.6 is 0 Å². The van der Waals surface area contributed by atoms with Crippen molar-refractivity contribution in [1.82, 2.24) is 0 Å². The van der Waals surface area contributed by atoms with E-state index >= 15 is 0 Å². The fourth-order valence-corrected chi connectivity index (χ4v) is 2.33. The molecule has 0 radical (unpaired) electrons. The van der Waals surface area contributed by atoms with Crippen LogP contribution in [0.5, 0.6) is 0 Å². The second kappa shape index (κ2) is 5.07. The van der Waals surface area contributed by atoms with Crippen LogP contribution in [0.3, 0.4) is 0 Å². The molecule has 0 aliphatic carbocycles. The molecule has 0 amide bonds. The van der Waals surface area contributed by atoms with Crippen molar-refractivity contribution in [1.29, 1.82) is 0 Å². The van der Waals surface area contributed by atoms with Crippen LogP contribution < -0.4 is 0 Å². The van der Waals surface area contributed by atoms with Crippen LogP contribution in [0.1, 0.15) is 26.3 Å². The molecular formula is C16H10FNO4. The highest BCUT2D eigenvalue weighted by molar-refractivity contribution is 6.52. The molecule has 0 saturated carbocycles. The zero-order chi connectivity index (χ0) is 15.9. The van der Waals surface area contributed by atoms with Crippen molar-refractivity contribution in [2.75, 3.05) is 7.11 Å². The first-order valence-electron chi connectivity index (χ1n) is 6.40. The van der Waals surface area contributed by atoms with Crippen LogP contribution in [-0.4, -0.2) is 29.3 Å². The van der Waals surface area contributed by atoms with Crippen molar-refractivity contribution >= 4 is 23.2 Å². The maximum absolute atomic E-state index is 13.0. The van der Waals surface area contributed by atoms with Crippen molar-refractivity contribution < 1.29 is 23.5 Å². The first-order valence-corrected chi connectivity index (χ1v) is 6.40. The summed E-state index contributed by atoms with van der Waals surface area (Å²) in [4.78, 5) is 23.9. The van der Waals surface area contributed by atoms with E-state index in [-0.39, 0.29) is 22.5 Å². The summed E-state index contributed by atoms with van der Waals surface area (Å²) >= 11 is 0. The van der Waals surface area contributed by atoms with Gasteiger partial charge in [0.05, 0.1) is 18.2 Å². The lowest BCUT2D eigenvalue weighted by atomic mass is 10.0. The molecule has 5 nitrogen and oxygen atoms in total. The molecular weight excluding hydrogens is 289 g/mol. The minimum atomic E-state index is -0.598. The molecule has 1 aliphatic rings. The number of hydrogen-bond acceptors (Lipinski definition) is 4. The zero-order valence-corrected chi connectivity index (χ0v) is 11.5. The smallest absolute Gasteiger partial charge is 0.338 e. The lowest BCUT2D eigenvalue weighted by Crippen LogP contribution is -2.16. The fourth-order valence-electron chi connectivity index (χ4n) is 2.33. The zero-order valence-electron chi connectivity index (χ0n) is 11.5. The van der Waals surface area contributed by atoms with E-state index < -0.39 is 17.6 Å². The van der Waals surface area contributed by atoms with Crippen molar-refractivity contribution in [2.45, 2.75) is 0 Å². The van der Waals surface area contributed by atoms with Crippen LogP contribution in [0.15, 0.2) is 42.5 Å². The van der Waals surface area contributed by atoms with Gasteiger partial charge in [0, 0.05) is 6.07 Å². The highest BCUT2D eigenvalue weighted by Crippen LogP contribution is 2.29. The molecule has 1 heterocycles. The normalized spacial score (nSPS) is 13.3. The van der Waals surface area contributed by atoms with Gasteiger partial charge < -0.3 is 9.94 Å². The highest BCUT2D eigenvalue weighted by atomic mass is 19.1. The van der Waals surface area contributed by atoms with E-state index in [9.17, 15) is 19.2 Å². The maximum atomic E-state index is 13.0. The van der Waals surface area contributed by atoms with Crippen molar-refractivity contribution in [3.63, 3.8) is 0 Å². The Morgan fingerprint density at radius 2 is 1.86 bits per heavy atom. The third kappa shape index (κ3) is 2.05. The number of Topliss-reactive ketones (excluding diaryl/α,β-unsaturated/α-hetero) is 1. The van der Waals surface area contributed by atoms with Gasteiger partial charge in [-0.1, -0.05) is 0 Å². The predicted octanol–water partition coefficient (Wildman–Crippen LogP) is 2.44.